The Morgan fingerprint density at radius 2 is 2.11 bits per heavy atom. The third-order valence-electron chi connectivity index (χ3n) is 4.27. The van der Waals surface area contributed by atoms with Crippen LogP contribution in [0.2, 0.25) is 0 Å². The number of carboxylic acid groups (broad SMARTS) is 1. The Hall–Kier alpha value is -1.77. The van der Waals surface area contributed by atoms with Crippen LogP contribution in [0.3, 0.4) is 0 Å². The molecule has 1 heterocycles. The maximum atomic E-state index is 11.4. The molecular formula is C15H17NO2. The predicted octanol–water partition coefficient (Wildman–Crippen LogP) is 2.98. The maximum absolute atomic E-state index is 11.4. The fourth-order valence-electron chi connectivity index (χ4n) is 3.00. The molecule has 3 heteroatoms. The number of fused-ring (bicyclic) bond motifs is 1. The highest BCUT2D eigenvalue weighted by Crippen LogP contribution is 2.45. The van der Waals surface area contributed by atoms with Crippen LogP contribution in [-0.2, 0) is 18.3 Å². The van der Waals surface area contributed by atoms with E-state index in [1.807, 2.05) is 19.2 Å². The van der Waals surface area contributed by atoms with E-state index in [1.165, 1.54) is 10.9 Å². The van der Waals surface area contributed by atoms with E-state index < -0.39 is 11.4 Å². The molecule has 1 saturated carbocycles. The molecule has 0 radical (unpaired) electrons. The number of nitrogens with zero attached hydrogens (tertiary/aromatic N) is 1. The first kappa shape index (κ1) is 11.3. The highest BCUT2D eigenvalue weighted by atomic mass is 16.4. The summed E-state index contributed by atoms with van der Waals surface area (Å²) in [5.41, 5.74) is 1.83. The van der Waals surface area contributed by atoms with Crippen molar-refractivity contribution in [2.45, 2.75) is 25.7 Å². The molecule has 0 bridgehead atoms. The summed E-state index contributed by atoms with van der Waals surface area (Å²) in [6.45, 7) is 0. The second kappa shape index (κ2) is 3.87. The molecule has 18 heavy (non-hydrogen) atoms. The summed E-state index contributed by atoms with van der Waals surface area (Å²) in [6, 6.07) is 8.19. The van der Waals surface area contributed by atoms with Crippen molar-refractivity contribution in [3.05, 3.63) is 36.0 Å². The Morgan fingerprint density at radius 1 is 1.39 bits per heavy atom. The summed E-state index contributed by atoms with van der Waals surface area (Å²) in [5, 5.41) is 10.6. The molecule has 0 aliphatic heterocycles. The molecule has 0 unspecified atom stereocenters. The fraction of sp³-hybridized carbons (Fsp3) is 0.400. The number of para-hydroxylation sites is 1. The minimum Gasteiger partial charge on any atom is -0.481 e. The van der Waals surface area contributed by atoms with Gasteiger partial charge in [0.25, 0.3) is 0 Å². The number of aliphatic carboxylic acids is 1. The van der Waals surface area contributed by atoms with Gasteiger partial charge in [-0.3, -0.25) is 4.79 Å². The lowest BCUT2D eigenvalue weighted by Crippen LogP contribution is -2.39. The van der Waals surface area contributed by atoms with E-state index in [2.05, 4.69) is 22.9 Å². The second-order valence-corrected chi connectivity index (χ2v) is 5.40. The Balaban J connectivity index is 2.03. The van der Waals surface area contributed by atoms with Gasteiger partial charge in [0.05, 0.1) is 5.41 Å². The lowest BCUT2D eigenvalue weighted by Gasteiger charge is -2.37. The van der Waals surface area contributed by atoms with Crippen LogP contribution in [0.25, 0.3) is 10.9 Å². The minimum absolute atomic E-state index is 0.510. The van der Waals surface area contributed by atoms with Crippen molar-refractivity contribution in [1.29, 1.82) is 0 Å². The fourth-order valence-corrected chi connectivity index (χ4v) is 3.00. The smallest absolute Gasteiger partial charge is 0.309 e. The zero-order valence-corrected chi connectivity index (χ0v) is 10.5. The van der Waals surface area contributed by atoms with Crippen molar-refractivity contribution in [3.8, 4) is 0 Å². The molecule has 1 fully saturated rings. The van der Waals surface area contributed by atoms with Gasteiger partial charge in [-0.2, -0.15) is 0 Å². The van der Waals surface area contributed by atoms with Gasteiger partial charge in [-0.1, -0.05) is 24.6 Å². The van der Waals surface area contributed by atoms with Gasteiger partial charge in [0.2, 0.25) is 0 Å². The summed E-state index contributed by atoms with van der Waals surface area (Å²) < 4.78 is 2.08. The van der Waals surface area contributed by atoms with Crippen LogP contribution in [0, 0.1) is 5.41 Å². The summed E-state index contributed by atoms with van der Waals surface area (Å²) in [7, 11) is 2.01. The zero-order chi connectivity index (χ0) is 12.8. The molecule has 1 N–H and O–H groups in total. The molecule has 0 atom stereocenters. The summed E-state index contributed by atoms with van der Waals surface area (Å²) >= 11 is 0. The van der Waals surface area contributed by atoms with Crippen LogP contribution < -0.4 is 0 Å². The third kappa shape index (κ3) is 1.54. The lowest BCUT2D eigenvalue weighted by molar-refractivity contribution is -0.154. The van der Waals surface area contributed by atoms with Gasteiger partial charge in [-0.25, -0.2) is 0 Å². The van der Waals surface area contributed by atoms with Crippen molar-refractivity contribution >= 4 is 16.9 Å². The van der Waals surface area contributed by atoms with Gasteiger partial charge < -0.3 is 9.67 Å². The lowest BCUT2D eigenvalue weighted by atomic mass is 9.65. The first-order valence-corrected chi connectivity index (χ1v) is 6.39. The van der Waals surface area contributed by atoms with Gasteiger partial charge in [0, 0.05) is 24.1 Å². The van der Waals surface area contributed by atoms with Gasteiger partial charge in [0.15, 0.2) is 0 Å². The number of aromatic nitrogens is 1. The molecule has 0 amide bonds. The molecule has 1 aliphatic rings. The van der Waals surface area contributed by atoms with Crippen molar-refractivity contribution < 1.29 is 9.90 Å². The molecule has 1 aromatic carbocycles. The number of carbonyl (C=O) groups is 1. The van der Waals surface area contributed by atoms with Crippen LogP contribution in [0.5, 0.6) is 0 Å². The van der Waals surface area contributed by atoms with Gasteiger partial charge in [0.1, 0.15) is 0 Å². The predicted molar refractivity (Wildman–Crippen MR) is 70.5 cm³/mol. The Morgan fingerprint density at radius 3 is 2.72 bits per heavy atom. The topological polar surface area (TPSA) is 42.2 Å². The molecule has 0 saturated heterocycles. The molecule has 2 aromatic rings. The first-order chi connectivity index (χ1) is 8.62. The molecular weight excluding hydrogens is 226 g/mol. The van der Waals surface area contributed by atoms with Crippen LogP contribution in [0.15, 0.2) is 30.5 Å². The van der Waals surface area contributed by atoms with E-state index in [-0.39, 0.29) is 0 Å². The average Bonchev–Trinajstić information content (AvgIpc) is 2.61. The number of benzene rings is 1. The van der Waals surface area contributed by atoms with Crippen molar-refractivity contribution in [2.24, 2.45) is 12.5 Å². The largest absolute Gasteiger partial charge is 0.481 e. The highest BCUT2D eigenvalue weighted by Gasteiger charge is 2.44. The van der Waals surface area contributed by atoms with Crippen LogP contribution >= 0.6 is 0 Å². The second-order valence-electron chi connectivity index (χ2n) is 5.40. The highest BCUT2D eigenvalue weighted by molar-refractivity contribution is 5.85. The molecule has 3 nitrogen and oxygen atoms in total. The van der Waals surface area contributed by atoms with E-state index in [4.69, 9.17) is 0 Å². The molecule has 94 valence electrons. The number of rotatable bonds is 3. The quantitative estimate of drug-likeness (QED) is 0.900. The van der Waals surface area contributed by atoms with E-state index in [0.717, 1.165) is 24.8 Å². The summed E-state index contributed by atoms with van der Waals surface area (Å²) in [5.74, 6) is -0.637. The maximum Gasteiger partial charge on any atom is 0.309 e. The average molecular weight is 243 g/mol. The zero-order valence-electron chi connectivity index (χ0n) is 10.5. The van der Waals surface area contributed by atoms with Crippen LogP contribution in [0.4, 0.5) is 0 Å². The van der Waals surface area contributed by atoms with Crippen molar-refractivity contribution in [2.75, 3.05) is 0 Å². The monoisotopic (exact) mass is 243 g/mol. The van der Waals surface area contributed by atoms with Crippen LogP contribution in [0.1, 0.15) is 24.8 Å². The molecule has 0 spiro atoms. The SMILES string of the molecule is Cn1cc(CC2(C(=O)O)CCC2)c2ccccc21. The third-order valence-corrected chi connectivity index (χ3v) is 4.27. The van der Waals surface area contributed by atoms with E-state index in [1.54, 1.807) is 0 Å². The normalized spacial score (nSPS) is 17.6. The van der Waals surface area contributed by atoms with E-state index in [9.17, 15) is 9.90 Å². The Labute approximate surface area is 106 Å². The Bertz CT molecular complexity index is 608. The Kier molecular flexibility index (Phi) is 2.44. The number of aryl methyl sites for hydroxylation is 1. The van der Waals surface area contributed by atoms with Crippen molar-refractivity contribution in [1.82, 2.24) is 4.57 Å². The van der Waals surface area contributed by atoms with Gasteiger partial charge in [-0.05, 0) is 30.9 Å². The number of hydrogen-bond acceptors (Lipinski definition) is 1. The molecule has 1 aromatic heterocycles. The minimum atomic E-state index is -0.637. The standard InChI is InChI=1S/C15H17NO2/c1-16-10-11(12-5-2-3-6-13(12)16)9-15(14(17)18)7-4-8-15/h2-3,5-6,10H,4,7-9H2,1H3,(H,17,18). The van der Waals surface area contributed by atoms with Crippen LogP contribution in [-0.4, -0.2) is 15.6 Å². The van der Waals surface area contributed by atoms with E-state index >= 15 is 0 Å². The number of hydrogen-bond donors (Lipinski definition) is 1. The summed E-state index contributed by atoms with van der Waals surface area (Å²) in [4.78, 5) is 11.4. The van der Waals surface area contributed by atoms with Gasteiger partial charge >= 0.3 is 5.97 Å². The molecule has 1 aliphatic carbocycles. The van der Waals surface area contributed by atoms with Crippen molar-refractivity contribution in [3.63, 3.8) is 0 Å². The number of carboxylic acids is 1. The molecule has 3 rings (SSSR count). The van der Waals surface area contributed by atoms with Gasteiger partial charge in [-0.15, -0.1) is 0 Å². The first-order valence-electron chi connectivity index (χ1n) is 6.39. The summed E-state index contributed by atoms with van der Waals surface area (Å²) in [6.07, 6.45) is 5.39. The van der Waals surface area contributed by atoms with E-state index in [0.29, 0.717) is 6.42 Å².